The van der Waals surface area contributed by atoms with Crippen molar-refractivity contribution in [2.45, 2.75) is 26.3 Å². The molecule has 1 amide bonds. The zero-order valence-electron chi connectivity index (χ0n) is 12.4. The highest BCUT2D eigenvalue weighted by molar-refractivity contribution is 5.94. The van der Waals surface area contributed by atoms with Gasteiger partial charge in [-0.3, -0.25) is 4.79 Å². The second kappa shape index (κ2) is 6.83. The summed E-state index contributed by atoms with van der Waals surface area (Å²) in [6, 6.07) is 7.23. The first-order valence-electron chi connectivity index (χ1n) is 6.81. The second-order valence-electron chi connectivity index (χ2n) is 4.87. The smallest absolute Gasteiger partial charge is 0.251 e. The molecule has 112 valence electrons. The standard InChI is InChI=1S/C14H19N5O2/c1-10(2)19-13(16-17-18-19)7-8-15-14(20)11-5-4-6-12(9-11)21-3/h4-6,9-10H,7-8H2,1-3H3,(H,15,20). The van der Waals surface area contributed by atoms with Crippen molar-refractivity contribution in [3.05, 3.63) is 35.7 Å². The lowest BCUT2D eigenvalue weighted by atomic mass is 10.2. The number of nitrogens with one attached hydrogen (secondary N) is 1. The van der Waals surface area contributed by atoms with Gasteiger partial charge in [0.1, 0.15) is 5.75 Å². The van der Waals surface area contributed by atoms with Crippen LogP contribution >= 0.6 is 0 Å². The van der Waals surface area contributed by atoms with Gasteiger partial charge in [0.15, 0.2) is 5.82 Å². The third-order valence-electron chi connectivity index (χ3n) is 3.02. The summed E-state index contributed by atoms with van der Waals surface area (Å²) in [5.41, 5.74) is 0.567. The van der Waals surface area contributed by atoms with Gasteiger partial charge in [0.2, 0.25) is 0 Å². The number of benzene rings is 1. The van der Waals surface area contributed by atoms with E-state index in [2.05, 4.69) is 20.8 Å². The molecule has 0 saturated carbocycles. The van der Waals surface area contributed by atoms with Crippen molar-refractivity contribution in [1.82, 2.24) is 25.5 Å². The third-order valence-corrected chi connectivity index (χ3v) is 3.02. The number of nitrogens with zero attached hydrogens (tertiary/aromatic N) is 4. The van der Waals surface area contributed by atoms with Crippen LogP contribution < -0.4 is 10.1 Å². The first-order chi connectivity index (χ1) is 10.1. The number of rotatable bonds is 6. The molecule has 1 heterocycles. The minimum absolute atomic E-state index is 0.141. The van der Waals surface area contributed by atoms with Crippen LogP contribution in [-0.2, 0) is 6.42 Å². The summed E-state index contributed by atoms with van der Waals surface area (Å²) in [5, 5.41) is 14.4. The van der Waals surface area contributed by atoms with Gasteiger partial charge in [-0.25, -0.2) is 4.68 Å². The van der Waals surface area contributed by atoms with E-state index in [4.69, 9.17) is 4.74 Å². The molecule has 0 saturated heterocycles. The Morgan fingerprint density at radius 2 is 2.24 bits per heavy atom. The summed E-state index contributed by atoms with van der Waals surface area (Å²) < 4.78 is 6.85. The number of tetrazole rings is 1. The van der Waals surface area contributed by atoms with Gasteiger partial charge >= 0.3 is 0 Å². The van der Waals surface area contributed by atoms with Crippen molar-refractivity contribution in [3.63, 3.8) is 0 Å². The quantitative estimate of drug-likeness (QED) is 0.865. The molecular weight excluding hydrogens is 270 g/mol. The Bertz CT molecular complexity index is 609. The van der Waals surface area contributed by atoms with E-state index in [1.165, 1.54) is 0 Å². The molecule has 1 aromatic heterocycles. The first-order valence-corrected chi connectivity index (χ1v) is 6.81. The van der Waals surface area contributed by atoms with Gasteiger partial charge in [0.05, 0.1) is 13.2 Å². The van der Waals surface area contributed by atoms with Crippen molar-refractivity contribution in [2.75, 3.05) is 13.7 Å². The van der Waals surface area contributed by atoms with Gasteiger partial charge in [-0.05, 0) is 42.5 Å². The van der Waals surface area contributed by atoms with Crippen LogP contribution in [0.5, 0.6) is 5.75 Å². The number of carbonyl (C=O) groups excluding carboxylic acids is 1. The Balaban J connectivity index is 1.90. The van der Waals surface area contributed by atoms with Gasteiger partial charge < -0.3 is 10.1 Å². The molecule has 0 atom stereocenters. The molecule has 2 rings (SSSR count). The highest BCUT2D eigenvalue weighted by Gasteiger charge is 2.10. The van der Waals surface area contributed by atoms with Crippen molar-refractivity contribution in [2.24, 2.45) is 0 Å². The van der Waals surface area contributed by atoms with Crippen LogP contribution in [0.25, 0.3) is 0 Å². The summed E-state index contributed by atoms with van der Waals surface area (Å²) in [5.74, 6) is 1.28. The normalized spacial score (nSPS) is 10.7. The molecule has 0 fully saturated rings. The number of hydrogen-bond acceptors (Lipinski definition) is 5. The molecule has 21 heavy (non-hydrogen) atoms. The predicted octanol–water partition coefficient (Wildman–Crippen LogP) is 1.24. The molecule has 0 bridgehead atoms. The van der Waals surface area contributed by atoms with Crippen molar-refractivity contribution in [1.29, 1.82) is 0 Å². The minimum Gasteiger partial charge on any atom is -0.497 e. The maximum Gasteiger partial charge on any atom is 0.251 e. The fourth-order valence-corrected chi connectivity index (χ4v) is 1.93. The molecule has 7 nitrogen and oxygen atoms in total. The molecule has 0 aliphatic rings. The number of hydrogen-bond donors (Lipinski definition) is 1. The summed E-state index contributed by atoms with van der Waals surface area (Å²) in [6.07, 6.45) is 0.584. The Labute approximate surface area is 123 Å². The fraction of sp³-hybridized carbons (Fsp3) is 0.429. The Kier molecular flexibility index (Phi) is 4.86. The van der Waals surface area contributed by atoms with E-state index in [9.17, 15) is 4.79 Å². The van der Waals surface area contributed by atoms with E-state index >= 15 is 0 Å². The van der Waals surface area contributed by atoms with Crippen LogP contribution in [0, 0.1) is 0 Å². The lowest BCUT2D eigenvalue weighted by molar-refractivity contribution is 0.0953. The van der Waals surface area contributed by atoms with Gasteiger partial charge in [0.25, 0.3) is 5.91 Å². The molecular formula is C14H19N5O2. The maximum absolute atomic E-state index is 12.0. The topological polar surface area (TPSA) is 81.9 Å². The summed E-state index contributed by atoms with van der Waals surface area (Å²) in [7, 11) is 1.57. The number of aromatic nitrogens is 4. The van der Waals surface area contributed by atoms with Crippen LogP contribution in [0.2, 0.25) is 0 Å². The van der Waals surface area contributed by atoms with Crippen LogP contribution in [0.3, 0.4) is 0 Å². The number of ether oxygens (including phenoxy) is 1. The van der Waals surface area contributed by atoms with E-state index in [0.717, 1.165) is 5.82 Å². The van der Waals surface area contributed by atoms with Crippen LogP contribution in [0.15, 0.2) is 24.3 Å². The molecule has 1 aromatic carbocycles. The van der Waals surface area contributed by atoms with Gasteiger partial charge in [-0.2, -0.15) is 0 Å². The summed E-state index contributed by atoms with van der Waals surface area (Å²) >= 11 is 0. The Morgan fingerprint density at radius 1 is 1.43 bits per heavy atom. The van der Waals surface area contributed by atoms with E-state index in [-0.39, 0.29) is 11.9 Å². The molecule has 2 aromatic rings. The fourth-order valence-electron chi connectivity index (χ4n) is 1.93. The Hall–Kier alpha value is -2.44. The Morgan fingerprint density at radius 3 is 2.95 bits per heavy atom. The molecule has 0 aliphatic heterocycles. The minimum atomic E-state index is -0.141. The lowest BCUT2D eigenvalue weighted by Gasteiger charge is -2.09. The average Bonchev–Trinajstić information content (AvgIpc) is 2.96. The number of amides is 1. The van der Waals surface area contributed by atoms with E-state index in [1.807, 2.05) is 13.8 Å². The summed E-state index contributed by atoms with van der Waals surface area (Å²) in [6.45, 7) is 4.49. The van der Waals surface area contributed by atoms with Crippen LogP contribution in [0.1, 0.15) is 36.1 Å². The molecule has 1 N–H and O–H groups in total. The zero-order chi connectivity index (χ0) is 15.2. The highest BCUT2D eigenvalue weighted by atomic mass is 16.5. The predicted molar refractivity (Wildman–Crippen MR) is 77.2 cm³/mol. The molecule has 0 spiro atoms. The van der Waals surface area contributed by atoms with Crippen LogP contribution in [-0.4, -0.2) is 39.8 Å². The van der Waals surface area contributed by atoms with Crippen molar-refractivity contribution >= 4 is 5.91 Å². The third kappa shape index (κ3) is 3.77. The molecule has 0 unspecified atom stereocenters. The van der Waals surface area contributed by atoms with Gasteiger partial charge in [-0.15, -0.1) is 5.10 Å². The largest absolute Gasteiger partial charge is 0.497 e. The van der Waals surface area contributed by atoms with Crippen molar-refractivity contribution < 1.29 is 9.53 Å². The monoisotopic (exact) mass is 289 g/mol. The van der Waals surface area contributed by atoms with Gasteiger partial charge in [-0.1, -0.05) is 6.07 Å². The average molecular weight is 289 g/mol. The highest BCUT2D eigenvalue weighted by Crippen LogP contribution is 2.12. The zero-order valence-corrected chi connectivity index (χ0v) is 12.4. The molecule has 0 aliphatic carbocycles. The van der Waals surface area contributed by atoms with E-state index in [0.29, 0.717) is 24.3 Å². The lowest BCUT2D eigenvalue weighted by Crippen LogP contribution is -2.26. The number of carbonyl (C=O) groups is 1. The molecule has 0 radical (unpaired) electrons. The van der Waals surface area contributed by atoms with Crippen molar-refractivity contribution in [3.8, 4) is 5.75 Å². The van der Waals surface area contributed by atoms with Gasteiger partial charge in [0, 0.05) is 18.5 Å². The number of methoxy groups -OCH3 is 1. The summed E-state index contributed by atoms with van der Waals surface area (Å²) in [4.78, 5) is 12.0. The van der Waals surface area contributed by atoms with Crippen LogP contribution in [0.4, 0.5) is 0 Å². The second-order valence-corrected chi connectivity index (χ2v) is 4.87. The van der Waals surface area contributed by atoms with E-state index < -0.39 is 0 Å². The SMILES string of the molecule is COc1cccc(C(=O)NCCc2nnnn2C(C)C)c1. The maximum atomic E-state index is 12.0. The first kappa shape index (κ1) is 15.0. The van der Waals surface area contributed by atoms with E-state index in [1.54, 1.807) is 36.1 Å². The molecule has 7 heteroatoms.